The van der Waals surface area contributed by atoms with E-state index < -0.39 is 11.4 Å². The van der Waals surface area contributed by atoms with E-state index in [0.29, 0.717) is 43.1 Å². The van der Waals surface area contributed by atoms with Crippen molar-refractivity contribution in [1.29, 1.82) is 0 Å². The SMILES string of the molecule is CCCC1(C(=O)O)CCN(Cc2c(F)cccc2Cl)C1. The third kappa shape index (κ3) is 2.96. The fourth-order valence-corrected chi connectivity index (χ4v) is 3.19. The van der Waals surface area contributed by atoms with Gasteiger partial charge in [-0.05, 0) is 31.5 Å². The predicted molar refractivity (Wildman–Crippen MR) is 76.3 cm³/mol. The molecule has 5 heteroatoms. The maximum absolute atomic E-state index is 13.8. The van der Waals surface area contributed by atoms with Crippen LogP contribution in [0.15, 0.2) is 18.2 Å². The van der Waals surface area contributed by atoms with Crippen LogP contribution in [-0.4, -0.2) is 29.1 Å². The Morgan fingerprint density at radius 2 is 2.30 bits per heavy atom. The zero-order valence-corrected chi connectivity index (χ0v) is 12.3. The third-order valence-corrected chi connectivity index (χ3v) is 4.41. The smallest absolute Gasteiger partial charge is 0.310 e. The van der Waals surface area contributed by atoms with Crippen molar-refractivity contribution < 1.29 is 14.3 Å². The van der Waals surface area contributed by atoms with E-state index in [4.69, 9.17) is 11.6 Å². The molecule has 0 bridgehead atoms. The van der Waals surface area contributed by atoms with Gasteiger partial charge in [0.15, 0.2) is 0 Å². The van der Waals surface area contributed by atoms with E-state index in [0.717, 1.165) is 6.42 Å². The number of aliphatic carboxylic acids is 1. The first-order chi connectivity index (χ1) is 9.48. The standard InChI is InChI=1S/C15H19ClFNO2/c1-2-6-15(14(19)20)7-8-18(10-15)9-11-12(16)4-3-5-13(11)17/h3-5H,2,6-10H2,1H3,(H,19,20). The Kier molecular flexibility index (Phi) is 4.66. The highest BCUT2D eigenvalue weighted by molar-refractivity contribution is 6.31. The van der Waals surface area contributed by atoms with E-state index in [2.05, 4.69) is 0 Å². The summed E-state index contributed by atoms with van der Waals surface area (Å²) in [5.41, 5.74) is -0.237. The van der Waals surface area contributed by atoms with E-state index in [1.54, 1.807) is 12.1 Å². The molecule has 20 heavy (non-hydrogen) atoms. The van der Waals surface area contributed by atoms with Crippen molar-refractivity contribution in [2.45, 2.75) is 32.7 Å². The molecule has 0 spiro atoms. The van der Waals surface area contributed by atoms with Crippen LogP contribution in [0.2, 0.25) is 5.02 Å². The average Bonchev–Trinajstić information content (AvgIpc) is 2.79. The van der Waals surface area contributed by atoms with Gasteiger partial charge < -0.3 is 5.11 Å². The Labute approximate surface area is 123 Å². The second-order valence-electron chi connectivity index (χ2n) is 5.50. The van der Waals surface area contributed by atoms with Crippen LogP contribution < -0.4 is 0 Å². The van der Waals surface area contributed by atoms with Crippen LogP contribution in [0.5, 0.6) is 0 Å². The molecule has 1 atom stereocenters. The lowest BCUT2D eigenvalue weighted by molar-refractivity contribution is -0.148. The molecule has 1 aromatic rings. The predicted octanol–water partition coefficient (Wildman–Crippen LogP) is 3.56. The molecule has 2 rings (SSSR count). The fraction of sp³-hybridized carbons (Fsp3) is 0.533. The summed E-state index contributed by atoms with van der Waals surface area (Å²) in [5.74, 6) is -1.08. The van der Waals surface area contributed by atoms with E-state index in [1.165, 1.54) is 6.07 Å². The Balaban J connectivity index is 2.12. The second kappa shape index (κ2) is 6.10. The maximum atomic E-state index is 13.8. The van der Waals surface area contributed by atoms with Gasteiger partial charge in [-0.15, -0.1) is 0 Å². The average molecular weight is 300 g/mol. The molecule has 1 heterocycles. The van der Waals surface area contributed by atoms with Crippen molar-refractivity contribution >= 4 is 17.6 Å². The van der Waals surface area contributed by atoms with Gasteiger partial charge in [0.05, 0.1) is 5.41 Å². The Bertz CT molecular complexity index is 488. The van der Waals surface area contributed by atoms with Crippen LogP contribution >= 0.6 is 11.6 Å². The number of likely N-dealkylation sites (tertiary alicyclic amines) is 1. The molecular formula is C15H19ClFNO2. The first-order valence-electron chi connectivity index (χ1n) is 6.87. The van der Waals surface area contributed by atoms with Gasteiger partial charge in [0.1, 0.15) is 5.82 Å². The van der Waals surface area contributed by atoms with Gasteiger partial charge in [-0.2, -0.15) is 0 Å². The van der Waals surface area contributed by atoms with Gasteiger partial charge in [0.25, 0.3) is 0 Å². The zero-order valence-electron chi connectivity index (χ0n) is 11.5. The molecule has 1 aliphatic rings. The molecule has 1 aromatic carbocycles. The molecule has 1 N–H and O–H groups in total. The number of halogens is 2. The summed E-state index contributed by atoms with van der Waals surface area (Å²) in [5, 5.41) is 9.86. The molecule has 1 aliphatic heterocycles. The highest BCUT2D eigenvalue weighted by atomic mass is 35.5. The highest BCUT2D eigenvalue weighted by Crippen LogP contribution is 2.36. The highest BCUT2D eigenvalue weighted by Gasteiger charge is 2.43. The van der Waals surface area contributed by atoms with Gasteiger partial charge in [0.2, 0.25) is 0 Å². The van der Waals surface area contributed by atoms with Crippen LogP contribution in [0.4, 0.5) is 4.39 Å². The lowest BCUT2D eigenvalue weighted by Crippen LogP contribution is -2.34. The minimum atomic E-state index is -0.749. The van der Waals surface area contributed by atoms with Crippen molar-refractivity contribution in [2.24, 2.45) is 5.41 Å². The number of rotatable bonds is 5. The largest absolute Gasteiger partial charge is 0.481 e. The van der Waals surface area contributed by atoms with E-state index in [1.807, 2.05) is 11.8 Å². The Hall–Kier alpha value is -1.13. The van der Waals surface area contributed by atoms with E-state index >= 15 is 0 Å². The Morgan fingerprint density at radius 1 is 1.55 bits per heavy atom. The Morgan fingerprint density at radius 3 is 2.90 bits per heavy atom. The number of hydrogen-bond acceptors (Lipinski definition) is 2. The first kappa shape index (κ1) is 15.3. The number of carbonyl (C=O) groups is 1. The summed E-state index contributed by atoms with van der Waals surface area (Å²) in [4.78, 5) is 13.5. The molecule has 1 unspecified atom stereocenters. The van der Waals surface area contributed by atoms with E-state index in [-0.39, 0.29) is 5.82 Å². The second-order valence-corrected chi connectivity index (χ2v) is 5.90. The van der Waals surface area contributed by atoms with Gasteiger partial charge >= 0.3 is 5.97 Å². The summed E-state index contributed by atoms with van der Waals surface area (Å²) in [7, 11) is 0. The van der Waals surface area contributed by atoms with Crippen molar-refractivity contribution in [3.63, 3.8) is 0 Å². The number of hydrogen-bond donors (Lipinski definition) is 1. The number of carboxylic acids is 1. The summed E-state index contributed by atoms with van der Waals surface area (Å²) >= 11 is 6.02. The number of carboxylic acid groups (broad SMARTS) is 1. The van der Waals surface area contributed by atoms with Crippen molar-refractivity contribution in [2.75, 3.05) is 13.1 Å². The number of benzene rings is 1. The van der Waals surface area contributed by atoms with Crippen molar-refractivity contribution in [3.8, 4) is 0 Å². The fourth-order valence-electron chi connectivity index (χ4n) is 2.96. The van der Waals surface area contributed by atoms with Crippen LogP contribution in [0.3, 0.4) is 0 Å². The lowest BCUT2D eigenvalue weighted by Gasteiger charge is -2.24. The molecule has 0 aromatic heterocycles. The van der Waals surface area contributed by atoms with Gasteiger partial charge in [0, 0.05) is 23.7 Å². The molecule has 0 radical (unpaired) electrons. The molecule has 1 saturated heterocycles. The summed E-state index contributed by atoms with van der Waals surface area (Å²) in [6.07, 6.45) is 2.10. The van der Waals surface area contributed by atoms with Crippen LogP contribution in [0, 0.1) is 11.2 Å². The van der Waals surface area contributed by atoms with Gasteiger partial charge in [-0.3, -0.25) is 9.69 Å². The monoisotopic (exact) mass is 299 g/mol. The first-order valence-corrected chi connectivity index (χ1v) is 7.25. The van der Waals surface area contributed by atoms with E-state index in [9.17, 15) is 14.3 Å². The van der Waals surface area contributed by atoms with Gasteiger partial charge in [-0.1, -0.05) is 31.0 Å². The molecule has 110 valence electrons. The molecular weight excluding hydrogens is 281 g/mol. The quantitative estimate of drug-likeness (QED) is 0.904. The van der Waals surface area contributed by atoms with Crippen LogP contribution in [-0.2, 0) is 11.3 Å². The minimum Gasteiger partial charge on any atom is -0.481 e. The molecule has 0 amide bonds. The zero-order chi connectivity index (χ0) is 14.8. The maximum Gasteiger partial charge on any atom is 0.310 e. The van der Waals surface area contributed by atoms with Crippen molar-refractivity contribution in [3.05, 3.63) is 34.6 Å². The molecule has 1 fully saturated rings. The minimum absolute atomic E-state index is 0.333. The normalized spacial score (nSPS) is 23.1. The van der Waals surface area contributed by atoms with Gasteiger partial charge in [-0.25, -0.2) is 4.39 Å². The summed E-state index contributed by atoms with van der Waals surface area (Å²) < 4.78 is 13.8. The van der Waals surface area contributed by atoms with Crippen LogP contribution in [0.1, 0.15) is 31.7 Å². The molecule has 3 nitrogen and oxygen atoms in total. The summed E-state index contributed by atoms with van der Waals surface area (Å²) in [6.45, 7) is 3.48. The number of nitrogens with zero attached hydrogens (tertiary/aromatic N) is 1. The third-order valence-electron chi connectivity index (χ3n) is 4.06. The van der Waals surface area contributed by atoms with Crippen LogP contribution in [0.25, 0.3) is 0 Å². The molecule has 0 aliphatic carbocycles. The summed E-state index contributed by atoms with van der Waals surface area (Å²) in [6, 6.07) is 4.62. The topological polar surface area (TPSA) is 40.5 Å². The molecule has 0 saturated carbocycles. The lowest BCUT2D eigenvalue weighted by atomic mass is 9.83. The van der Waals surface area contributed by atoms with Crippen molar-refractivity contribution in [1.82, 2.24) is 4.90 Å².